The van der Waals surface area contributed by atoms with Crippen LogP contribution in [0.3, 0.4) is 0 Å². The van der Waals surface area contributed by atoms with Crippen molar-refractivity contribution in [2.45, 2.75) is 12.6 Å². The first-order valence-electron chi connectivity index (χ1n) is 10.2. The lowest BCUT2D eigenvalue weighted by molar-refractivity contribution is -0.130. The van der Waals surface area contributed by atoms with Crippen LogP contribution in [0.1, 0.15) is 6.42 Å². The van der Waals surface area contributed by atoms with Crippen LogP contribution in [-0.4, -0.2) is 70.4 Å². The second kappa shape index (κ2) is 7.64. The number of fused-ring (bicyclic) bond motifs is 1. The van der Waals surface area contributed by atoms with Crippen molar-refractivity contribution in [3.05, 3.63) is 54.5 Å². The van der Waals surface area contributed by atoms with E-state index in [2.05, 4.69) is 5.10 Å². The second-order valence-electron chi connectivity index (χ2n) is 7.80. The van der Waals surface area contributed by atoms with Gasteiger partial charge in [-0.1, -0.05) is 18.2 Å². The molecule has 5 rings (SSSR count). The summed E-state index contributed by atoms with van der Waals surface area (Å²) < 4.78 is 29.2. The fourth-order valence-corrected chi connectivity index (χ4v) is 4.25. The summed E-state index contributed by atoms with van der Waals surface area (Å²) in [5, 5.41) is 5.05. The maximum atomic E-state index is 14.3. The molecule has 2 aromatic carbocycles. The van der Waals surface area contributed by atoms with Crippen LogP contribution >= 0.6 is 0 Å². The number of hydrogen-bond acceptors (Lipinski definition) is 3. The van der Waals surface area contributed by atoms with Crippen LogP contribution in [0.25, 0.3) is 16.6 Å². The number of halogens is 2. The number of carbonyl (C=O) groups is 2. The van der Waals surface area contributed by atoms with E-state index in [1.807, 2.05) is 12.1 Å². The zero-order valence-corrected chi connectivity index (χ0v) is 16.7. The number of benzene rings is 2. The number of likely N-dealkylation sites (tertiary alicyclic amines) is 1. The molecule has 2 aliphatic heterocycles. The number of nitrogens with zero attached hydrogens (tertiary/aromatic N) is 5. The van der Waals surface area contributed by atoms with Crippen LogP contribution in [0.5, 0.6) is 0 Å². The Kier molecular flexibility index (Phi) is 4.80. The van der Waals surface area contributed by atoms with Crippen molar-refractivity contribution in [2.24, 2.45) is 0 Å². The Labute approximate surface area is 177 Å². The van der Waals surface area contributed by atoms with E-state index in [9.17, 15) is 18.4 Å². The van der Waals surface area contributed by atoms with Gasteiger partial charge in [-0.05, 0) is 30.7 Å². The predicted octanol–water partition coefficient (Wildman–Crippen LogP) is 2.98. The molecular formula is C22H21F2N5O2. The Balaban J connectivity index is 1.40. The number of carbonyl (C=O) groups excluding carboxylic acids is 2. The summed E-state index contributed by atoms with van der Waals surface area (Å²) >= 11 is 0. The number of anilines is 1. The Morgan fingerprint density at radius 2 is 1.87 bits per heavy atom. The van der Waals surface area contributed by atoms with Gasteiger partial charge in [-0.25, -0.2) is 18.3 Å². The molecule has 0 saturated carbocycles. The molecular weight excluding hydrogens is 404 g/mol. The molecule has 3 aromatic rings. The van der Waals surface area contributed by atoms with Gasteiger partial charge in [-0.15, -0.1) is 0 Å². The third-order valence-corrected chi connectivity index (χ3v) is 5.87. The number of aromatic nitrogens is 2. The number of rotatable bonds is 4. The lowest BCUT2D eigenvalue weighted by Crippen LogP contribution is -2.41. The minimum atomic E-state index is -0.988. The maximum absolute atomic E-state index is 14.3. The van der Waals surface area contributed by atoms with Gasteiger partial charge in [0.05, 0.1) is 23.9 Å². The maximum Gasteiger partial charge on any atom is 0.325 e. The van der Waals surface area contributed by atoms with E-state index >= 15 is 0 Å². The van der Waals surface area contributed by atoms with Gasteiger partial charge >= 0.3 is 6.03 Å². The molecule has 160 valence electrons. The third-order valence-electron chi connectivity index (χ3n) is 5.87. The largest absolute Gasteiger partial charge is 0.338 e. The highest BCUT2D eigenvalue weighted by Crippen LogP contribution is 2.31. The molecule has 0 N–H and O–H groups in total. The van der Waals surface area contributed by atoms with Crippen molar-refractivity contribution in [3.8, 4) is 5.69 Å². The monoisotopic (exact) mass is 425 g/mol. The summed E-state index contributed by atoms with van der Waals surface area (Å²) in [7, 11) is 0. The number of urea groups is 1. The van der Waals surface area contributed by atoms with Crippen LogP contribution in [-0.2, 0) is 4.79 Å². The van der Waals surface area contributed by atoms with Crippen LogP contribution in [0.15, 0.2) is 48.7 Å². The summed E-state index contributed by atoms with van der Waals surface area (Å²) in [6.45, 7) is 1.24. The number of alkyl halides is 1. The van der Waals surface area contributed by atoms with Crippen molar-refractivity contribution in [1.82, 2.24) is 19.6 Å². The predicted molar refractivity (Wildman–Crippen MR) is 111 cm³/mol. The molecule has 7 nitrogen and oxygen atoms in total. The average molecular weight is 425 g/mol. The van der Waals surface area contributed by atoms with E-state index in [1.165, 1.54) is 20.5 Å². The molecule has 2 saturated heterocycles. The van der Waals surface area contributed by atoms with E-state index in [-0.39, 0.29) is 25.0 Å². The zero-order valence-electron chi connectivity index (χ0n) is 16.7. The fourth-order valence-electron chi connectivity index (χ4n) is 4.25. The zero-order chi connectivity index (χ0) is 21.5. The molecule has 3 amide bonds. The minimum Gasteiger partial charge on any atom is -0.338 e. The molecule has 9 heteroatoms. The van der Waals surface area contributed by atoms with Gasteiger partial charge in [0.1, 0.15) is 24.2 Å². The first-order chi connectivity index (χ1) is 15.0. The molecule has 0 aliphatic carbocycles. The van der Waals surface area contributed by atoms with Crippen LogP contribution in [0.4, 0.5) is 19.3 Å². The number of amides is 3. The quantitative estimate of drug-likeness (QED) is 0.646. The van der Waals surface area contributed by atoms with Gasteiger partial charge in [0.2, 0.25) is 5.91 Å². The Morgan fingerprint density at radius 3 is 2.65 bits per heavy atom. The summed E-state index contributed by atoms with van der Waals surface area (Å²) in [4.78, 5) is 30.0. The smallest absolute Gasteiger partial charge is 0.325 e. The molecule has 2 fully saturated rings. The Morgan fingerprint density at radius 1 is 1.06 bits per heavy atom. The fraction of sp³-hybridized carbons (Fsp3) is 0.318. The summed E-state index contributed by atoms with van der Waals surface area (Å²) in [6, 6.07) is 11.5. The van der Waals surface area contributed by atoms with Gasteiger partial charge in [0.25, 0.3) is 0 Å². The van der Waals surface area contributed by atoms with Gasteiger partial charge in [0.15, 0.2) is 0 Å². The molecule has 0 radical (unpaired) electrons. The summed E-state index contributed by atoms with van der Waals surface area (Å²) in [6.07, 6.45) is 0.974. The Bertz CT molecular complexity index is 1160. The standard InChI is InChI=1S/C22H21F2N5O2/c23-15-8-9-26(13-15)21(30)14-27-10-11-28(22(27)31)18-6-3-7-19-16(18)12-25-29(19)20-5-2-1-4-17(20)24/h1-7,12,15H,8-11,13-14H2/t15-/m1/s1. The molecule has 3 heterocycles. The molecule has 0 unspecified atom stereocenters. The topological polar surface area (TPSA) is 61.7 Å². The van der Waals surface area contributed by atoms with Crippen molar-refractivity contribution < 1.29 is 18.4 Å². The second-order valence-corrected chi connectivity index (χ2v) is 7.80. The highest BCUT2D eigenvalue weighted by Gasteiger charge is 2.34. The van der Waals surface area contributed by atoms with Gasteiger partial charge in [0, 0.05) is 25.0 Å². The van der Waals surface area contributed by atoms with Gasteiger partial charge < -0.3 is 9.80 Å². The van der Waals surface area contributed by atoms with Gasteiger partial charge in [-0.2, -0.15) is 5.10 Å². The lowest BCUT2D eigenvalue weighted by Gasteiger charge is -2.22. The number of hydrogen-bond donors (Lipinski definition) is 0. The first-order valence-corrected chi connectivity index (χ1v) is 10.2. The van der Waals surface area contributed by atoms with Crippen molar-refractivity contribution in [3.63, 3.8) is 0 Å². The normalized spacial score (nSPS) is 19.1. The lowest BCUT2D eigenvalue weighted by atomic mass is 10.2. The average Bonchev–Trinajstić information content (AvgIpc) is 3.48. The van der Waals surface area contributed by atoms with Gasteiger partial charge in [-0.3, -0.25) is 9.69 Å². The van der Waals surface area contributed by atoms with Crippen LogP contribution in [0.2, 0.25) is 0 Å². The highest BCUT2D eigenvalue weighted by molar-refractivity contribution is 6.04. The SMILES string of the molecule is O=C(CN1CCN(c2cccc3c2cnn3-c2ccccc2F)C1=O)N1CC[C@@H](F)C1. The molecule has 31 heavy (non-hydrogen) atoms. The van der Waals surface area contributed by atoms with E-state index in [1.54, 1.807) is 35.4 Å². The molecule has 2 aliphatic rings. The summed E-state index contributed by atoms with van der Waals surface area (Å²) in [5.74, 6) is -0.627. The Hall–Kier alpha value is -3.49. The van der Waals surface area contributed by atoms with E-state index in [0.29, 0.717) is 48.3 Å². The van der Waals surface area contributed by atoms with Crippen molar-refractivity contribution in [2.75, 3.05) is 37.6 Å². The van der Waals surface area contributed by atoms with Crippen LogP contribution in [0, 0.1) is 5.82 Å². The molecule has 0 spiro atoms. The van der Waals surface area contributed by atoms with Crippen LogP contribution < -0.4 is 4.90 Å². The first kappa shape index (κ1) is 19.5. The van der Waals surface area contributed by atoms with E-state index in [4.69, 9.17) is 0 Å². The van der Waals surface area contributed by atoms with Crippen molar-refractivity contribution in [1.29, 1.82) is 0 Å². The summed E-state index contributed by atoms with van der Waals surface area (Å²) in [5.41, 5.74) is 1.66. The molecule has 1 atom stereocenters. The minimum absolute atomic E-state index is 0.0630. The van der Waals surface area contributed by atoms with E-state index < -0.39 is 12.0 Å². The highest BCUT2D eigenvalue weighted by atomic mass is 19.1. The third kappa shape index (κ3) is 3.39. The molecule has 0 bridgehead atoms. The van der Waals surface area contributed by atoms with Crippen molar-refractivity contribution >= 4 is 28.5 Å². The number of para-hydroxylation sites is 1. The van der Waals surface area contributed by atoms with E-state index in [0.717, 1.165) is 0 Å². The molecule has 1 aromatic heterocycles.